The van der Waals surface area contributed by atoms with E-state index in [0.717, 1.165) is 44.7 Å². The van der Waals surface area contributed by atoms with Crippen molar-refractivity contribution in [3.63, 3.8) is 0 Å². The monoisotopic (exact) mass is 454 g/mol. The highest BCUT2D eigenvalue weighted by molar-refractivity contribution is 7.90. The van der Waals surface area contributed by atoms with Crippen molar-refractivity contribution in [1.82, 2.24) is 9.21 Å². The van der Waals surface area contributed by atoms with Crippen molar-refractivity contribution in [2.24, 2.45) is 5.92 Å². The largest absolute Gasteiger partial charge is 0.490 e. The Morgan fingerprint density at radius 3 is 2.47 bits per heavy atom. The van der Waals surface area contributed by atoms with Gasteiger partial charge in [0.1, 0.15) is 5.76 Å². The van der Waals surface area contributed by atoms with Gasteiger partial charge in [0, 0.05) is 38.7 Å². The van der Waals surface area contributed by atoms with E-state index in [-0.39, 0.29) is 23.3 Å². The number of alkyl halides is 3. The van der Waals surface area contributed by atoms with Gasteiger partial charge < -0.3 is 14.3 Å². The molecule has 3 fully saturated rings. The Bertz CT molecular complexity index is 825. The number of hydrogen-bond acceptors (Lipinski definition) is 6. The average molecular weight is 454 g/mol. The van der Waals surface area contributed by atoms with Crippen LogP contribution in [0.2, 0.25) is 0 Å². The average Bonchev–Trinajstić information content (AvgIpc) is 3.27. The molecule has 0 radical (unpaired) electrons. The molecule has 0 amide bonds. The topological polar surface area (TPSA) is 100 Å². The number of hydrogen-bond donors (Lipinski definition) is 1. The number of furan rings is 1. The van der Waals surface area contributed by atoms with Crippen LogP contribution in [0.5, 0.6) is 0 Å². The number of halogens is 3. The molecule has 30 heavy (non-hydrogen) atoms. The van der Waals surface area contributed by atoms with E-state index in [2.05, 4.69) is 4.90 Å². The molecule has 2 aliphatic heterocycles. The number of piperidine rings is 1. The van der Waals surface area contributed by atoms with Crippen LogP contribution in [0.15, 0.2) is 22.8 Å². The van der Waals surface area contributed by atoms with E-state index >= 15 is 0 Å². The number of carbonyl (C=O) groups is 1. The lowest BCUT2D eigenvalue weighted by Crippen LogP contribution is -2.54. The van der Waals surface area contributed by atoms with E-state index in [1.165, 1.54) is 0 Å². The van der Waals surface area contributed by atoms with Crippen LogP contribution >= 0.6 is 0 Å². The van der Waals surface area contributed by atoms with Gasteiger partial charge in [-0.2, -0.15) is 17.5 Å². The predicted molar refractivity (Wildman–Crippen MR) is 99.0 cm³/mol. The third-order valence-electron chi connectivity index (χ3n) is 5.67. The smallest absolute Gasteiger partial charge is 0.475 e. The second-order valence-electron chi connectivity index (χ2n) is 7.73. The van der Waals surface area contributed by atoms with E-state index in [0.29, 0.717) is 6.54 Å². The number of rotatable bonds is 5. The Kier molecular flexibility index (Phi) is 6.80. The van der Waals surface area contributed by atoms with E-state index in [9.17, 15) is 21.6 Å². The van der Waals surface area contributed by atoms with Crippen LogP contribution < -0.4 is 0 Å². The number of carboxylic acids is 1. The molecule has 2 saturated heterocycles. The zero-order valence-electron chi connectivity index (χ0n) is 16.4. The molecule has 1 saturated carbocycles. The standard InChI is InChI=1S/C16H24N2O4S.C2HF3O2/c1-21-16-6-7-18(23(19,20)13-4-5-13)15-11-17(10-14(15)16)9-12-3-2-8-22-12;3-2(4,5)1(6)7/h2-3,8,13-16H,4-7,9-11H2,1H3;(H,6,7)/t14-,15+,16+;/m0./s1. The zero-order chi connectivity index (χ0) is 22.1. The number of fused-ring (bicyclic) bond motifs is 1. The lowest BCUT2D eigenvalue weighted by atomic mass is 9.91. The number of likely N-dealkylation sites (tertiary alicyclic amines) is 1. The van der Waals surface area contributed by atoms with Gasteiger partial charge in [-0.05, 0) is 31.4 Å². The Balaban J connectivity index is 0.000000318. The van der Waals surface area contributed by atoms with Crippen LogP contribution in [-0.4, -0.2) is 79.0 Å². The Hall–Kier alpha value is -1.63. The maximum atomic E-state index is 12.8. The summed E-state index contributed by atoms with van der Waals surface area (Å²) in [6.45, 7) is 2.94. The van der Waals surface area contributed by atoms with Gasteiger partial charge in [0.25, 0.3) is 0 Å². The fourth-order valence-corrected chi connectivity index (χ4v) is 6.19. The molecular formula is C18H25F3N2O6S. The molecule has 1 aliphatic carbocycles. The third-order valence-corrected chi connectivity index (χ3v) is 8.09. The minimum atomic E-state index is -5.08. The van der Waals surface area contributed by atoms with Gasteiger partial charge in [-0.1, -0.05) is 0 Å². The second-order valence-corrected chi connectivity index (χ2v) is 9.89. The molecule has 1 N–H and O–H groups in total. The highest BCUT2D eigenvalue weighted by Gasteiger charge is 2.51. The highest BCUT2D eigenvalue weighted by Crippen LogP contribution is 2.39. The number of sulfonamides is 1. The number of aliphatic carboxylic acids is 1. The van der Waals surface area contributed by atoms with Crippen molar-refractivity contribution in [2.75, 3.05) is 26.7 Å². The van der Waals surface area contributed by atoms with Crippen LogP contribution in [-0.2, 0) is 26.1 Å². The summed E-state index contributed by atoms with van der Waals surface area (Å²) in [6.07, 6.45) is -0.828. The van der Waals surface area contributed by atoms with Gasteiger partial charge in [-0.3, -0.25) is 4.90 Å². The first-order valence-corrected chi connectivity index (χ1v) is 11.1. The Labute approximate surface area is 172 Å². The first kappa shape index (κ1) is 23.0. The first-order chi connectivity index (χ1) is 14.0. The lowest BCUT2D eigenvalue weighted by molar-refractivity contribution is -0.192. The van der Waals surface area contributed by atoms with E-state index < -0.39 is 22.2 Å². The zero-order valence-corrected chi connectivity index (χ0v) is 17.2. The molecule has 0 unspecified atom stereocenters. The second kappa shape index (κ2) is 8.85. The van der Waals surface area contributed by atoms with Gasteiger partial charge >= 0.3 is 12.1 Å². The minimum Gasteiger partial charge on any atom is -0.475 e. The maximum absolute atomic E-state index is 12.8. The predicted octanol–water partition coefficient (Wildman–Crippen LogP) is 1.93. The molecule has 3 atom stereocenters. The van der Waals surface area contributed by atoms with Crippen molar-refractivity contribution < 1.29 is 40.6 Å². The van der Waals surface area contributed by atoms with E-state index in [4.69, 9.17) is 19.1 Å². The summed E-state index contributed by atoms with van der Waals surface area (Å²) < 4.78 is 70.1. The number of ether oxygens (including phenoxy) is 1. The SMILES string of the molecule is CO[C@@H]1CCN(S(=O)(=O)C2CC2)[C@@H]2CN(Cc3ccco3)C[C@@H]21.O=C(O)C(F)(F)F. The molecule has 3 aliphatic rings. The summed E-state index contributed by atoms with van der Waals surface area (Å²) in [6, 6.07) is 3.89. The molecule has 0 aromatic carbocycles. The molecule has 1 aromatic heterocycles. The summed E-state index contributed by atoms with van der Waals surface area (Å²) in [5.41, 5.74) is 0. The summed E-state index contributed by atoms with van der Waals surface area (Å²) in [5.74, 6) is -1.58. The van der Waals surface area contributed by atoms with Gasteiger partial charge in [-0.25, -0.2) is 13.2 Å². The molecule has 1 aromatic rings. The summed E-state index contributed by atoms with van der Waals surface area (Å²) in [5, 5.41) is 6.99. The fraction of sp³-hybridized carbons (Fsp3) is 0.722. The quantitative estimate of drug-likeness (QED) is 0.726. The summed E-state index contributed by atoms with van der Waals surface area (Å²) in [4.78, 5) is 11.2. The lowest BCUT2D eigenvalue weighted by Gasteiger charge is -2.40. The van der Waals surface area contributed by atoms with Crippen molar-refractivity contribution in [2.45, 2.75) is 49.4 Å². The van der Waals surface area contributed by atoms with Crippen molar-refractivity contribution in [3.05, 3.63) is 24.2 Å². The fourth-order valence-electron chi connectivity index (χ4n) is 4.12. The van der Waals surface area contributed by atoms with Gasteiger partial charge in [0.2, 0.25) is 10.0 Å². The van der Waals surface area contributed by atoms with E-state index in [1.54, 1.807) is 17.7 Å². The van der Waals surface area contributed by atoms with Crippen LogP contribution in [0, 0.1) is 5.92 Å². The van der Waals surface area contributed by atoms with Crippen molar-refractivity contribution in [3.8, 4) is 0 Å². The normalized spacial score (nSPS) is 27.9. The number of methoxy groups -OCH3 is 1. The van der Waals surface area contributed by atoms with E-state index in [1.807, 2.05) is 12.1 Å². The van der Waals surface area contributed by atoms with Gasteiger partial charge in [0.05, 0.1) is 24.2 Å². The van der Waals surface area contributed by atoms with Gasteiger partial charge in [-0.15, -0.1) is 0 Å². The molecule has 12 heteroatoms. The van der Waals surface area contributed by atoms with Crippen LogP contribution in [0.1, 0.15) is 25.0 Å². The minimum absolute atomic E-state index is 0.0364. The van der Waals surface area contributed by atoms with Crippen LogP contribution in [0.4, 0.5) is 13.2 Å². The molecule has 8 nitrogen and oxygen atoms in total. The number of carboxylic acid groups (broad SMARTS) is 1. The third kappa shape index (κ3) is 5.16. The van der Waals surface area contributed by atoms with Crippen LogP contribution in [0.25, 0.3) is 0 Å². The molecule has 4 rings (SSSR count). The first-order valence-electron chi connectivity index (χ1n) is 9.62. The molecule has 0 bridgehead atoms. The maximum Gasteiger partial charge on any atom is 0.490 e. The number of nitrogens with zero attached hydrogens (tertiary/aromatic N) is 2. The molecule has 170 valence electrons. The van der Waals surface area contributed by atoms with Crippen molar-refractivity contribution >= 4 is 16.0 Å². The highest BCUT2D eigenvalue weighted by atomic mass is 32.2. The molecule has 3 heterocycles. The Morgan fingerprint density at radius 2 is 1.97 bits per heavy atom. The summed E-state index contributed by atoms with van der Waals surface area (Å²) in [7, 11) is -1.39. The molecule has 0 spiro atoms. The Morgan fingerprint density at radius 1 is 1.30 bits per heavy atom. The summed E-state index contributed by atoms with van der Waals surface area (Å²) >= 11 is 0. The molecular weight excluding hydrogens is 429 g/mol. The van der Waals surface area contributed by atoms with Crippen molar-refractivity contribution in [1.29, 1.82) is 0 Å². The van der Waals surface area contributed by atoms with Crippen LogP contribution in [0.3, 0.4) is 0 Å². The van der Waals surface area contributed by atoms with Gasteiger partial charge in [0.15, 0.2) is 0 Å².